The molecule has 0 spiro atoms. The van der Waals surface area contributed by atoms with Crippen LogP contribution in [-0.4, -0.2) is 11.0 Å². The van der Waals surface area contributed by atoms with E-state index in [0.717, 1.165) is 11.1 Å². The van der Waals surface area contributed by atoms with Crippen molar-refractivity contribution in [1.82, 2.24) is 5.32 Å². The van der Waals surface area contributed by atoms with E-state index in [2.05, 4.69) is 5.32 Å². The van der Waals surface area contributed by atoms with E-state index >= 15 is 0 Å². The van der Waals surface area contributed by atoms with Gasteiger partial charge in [-0.05, 0) is 11.6 Å². The van der Waals surface area contributed by atoms with Crippen molar-refractivity contribution in [3.05, 3.63) is 29.3 Å². The first-order valence-electron chi connectivity index (χ1n) is 3.84. The minimum Gasteiger partial charge on any atom is -0.508 e. The summed E-state index contributed by atoms with van der Waals surface area (Å²) >= 11 is 0. The van der Waals surface area contributed by atoms with E-state index in [-0.39, 0.29) is 11.7 Å². The Kier molecular flexibility index (Phi) is 1.50. The molecule has 1 aliphatic heterocycles. The summed E-state index contributed by atoms with van der Waals surface area (Å²) in [6, 6.07) is 5.30. The molecule has 1 aromatic carbocycles. The number of fused-ring (bicyclic) bond motifs is 1. The van der Waals surface area contributed by atoms with Gasteiger partial charge in [0.25, 0.3) is 0 Å². The molecule has 2 N–H and O–H groups in total. The number of phenols is 1. The van der Waals surface area contributed by atoms with Crippen LogP contribution in [0.3, 0.4) is 0 Å². The van der Waals surface area contributed by atoms with Crippen molar-refractivity contribution in [3.63, 3.8) is 0 Å². The van der Waals surface area contributed by atoms with Crippen LogP contribution in [0.5, 0.6) is 5.75 Å². The lowest BCUT2D eigenvalue weighted by Gasteiger charge is -2.16. The van der Waals surface area contributed by atoms with Gasteiger partial charge in [0.1, 0.15) is 5.75 Å². The van der Waals surface area contributed by atoms with Crippen molar-refractivity contribution in [2.45, 2.75) is 13.0 Å². The Morgan fingerprint density at radius 2 is 2.25 bits per heavy atom. The summed E-state index contributed by atoms with van der Waals surface area (Å²) in [5.41, 5.74) is 1.77. The second-order valence-corrected chi connectivity index (χ2v) is 2.87. The third-order valence-corrected chi connectivity index (χ3v) is 2.06. The second-order valence-electron chi connectivity index (χ2n) is 2.87. The maximum absolute atomic E-state index is 11.0. The molecule has 1 heterocycles. The van der Waals surface area contributed by atoms with E-state index in [1.54, 1.807) is 12.1 Å². The molecular weight excluding hydrogens is 154 g/mol. The third-order valence-electron chi connectivity index (χ3n) is 2.06. The topological polar surface area (TPSA) is 49.3 Å². The van der Waals surface area contributed by atoms with Crippen molar-refractivity contribution in [1.29, 1.82) is 0 Å². The number of nitrogens with one attached hydrogen (secondary N) is 1. The number of hydrogen-bond acceptors (Lipinski definition) is 2. The lowest BCUT2D eigenvalue weighted by Crippen LogP contribution is -2.30. The lowest BCUT2D eigenvalue weighted by atomic mass is 10.00. The number of benzene rings is 1. The monoisotopic (exact) mass is 163 g/mol. The minimum absolute atomic E-state index is 0.0241. The van der Waals surface area contributed by atoms with Gasteiger partial charge in [0.15, 0.2) is 0 Å². The Morgan fingerprint density at radius 1 is 1.42 bits per heavy atom. The van der Waals surface area contributed by atoms with Crippen LogP contribution in [0.1, 0.15) is 11.1 Å². The standard InChI is InChI=1S/C9H9NO2/c11-8-3-1-2-6-5-10-9(12)4-7(6)8/h1-3,11H,4-5H2,(H,10,12). The summed E-state index contributed by atoms with van der Waals surface area (Å²) in [7, 11) is 0. The summed E-state index contributed by atoms with van der Waals surface area (Å²) in [5.74, 6) is 0.200. The van der Waals surface area contributed by atoms with Gasteiger partial charge in [0, 0.05) is 12.1 Å². The Morgan fingerprint density at radius 3 is 3.08 bits per heavy atom. The zero-order chi connectivity index (χ0) is 8.55. The third kappa shape index (κ3) is 1.03. The molecule has 62 valence electrons. The average Bonchev–Trinajstić information content (AvgIpc) is 2.07. The van der Waals surface area contributed by atoms with Crippen LogP contribution in [-0.2, 0) is 17.8 Å². The van der Waals surface area contributed by atoms with E-state index in [1.807, 2.05) is 6.07 Å². The first-order valence-corrected chi connectivity index (χ1v) is 3.84. The van der Waals surface area contributed by atoms with Crippen molar-refractivity contribution in [2.75, 3.05) is 0 Å². The van der Waals surface area contributed by atoms with E-state index in [9.17, 15) is 9.90 Å². The molecule has 0 aromatic heterocycles. The molecule has 0 saturated heterocycles. The minimum atomic E-state index is -0.0241. The van der Waals surface area contributed by atoms with Gasteiger partial charge in [-0.15, -0.1) is 0 Å². The molecular formula is C9H9NO2. The van der Waals surface area contributed by atoms with Gasteiger partial charge in [-0.2, -0.15) is 0 Å². The highest BCUT2D eigenvalue weighted by Gasteiger charge is 2.16. The van der Waals surface area contributed by atoms with Crippen LogP contribution in [0, 0.1) is 0 Å². The first kappa shape index (κ1) is 7.16. The predicted octanol–water partition coefficient (Wildman–Crippen LogP) is 0.565. The highest BCUT2D eigenvalue weighted by molar-refractivity contribution is 5.81. The first-order chi connectivity index (χ1) is 5.77. The summed E-state index contributed by atoms with van der Waals surface area (Å²) in [5, 5.41) is 12.1. The highest BCUT2D eigenvalue weighted by Crippen LogP contribution is 2.23. The molecule has 1 aliphatic rings. The van der Waals surface area contributed by atoms with E-state index in [0.29, 0.717) is 13.0 Å². The quantitative estimate of drug-likeness (QED) is 0.587. The predicted molar refractivity (Wildman–Crippen MR) is 43.7 cm³/mol. The molecule has 0 radical (unpaired) electrons. The zero-order valence-electron chi connectivity index (χ0n) is 6.50. The Balaban J connectivity index is 2.50. The van der Waals surface area contributed by atoms with Crippen molar-refractivity contribution < 1.29 is 9.90 Å². The number of rotatable bonds is 0. The SMILES string of the molecule is O=C1Cc2c(O)cccc2CN1. The summed E-state index contributed by atoms with van der Waals surface area (Å²) in [4.78, 5) is 11.0. The number of amides is 1. The Labute approximate surface area is 70.0 Å². The lowest BCUT2D eigenvalue weighted by molar-refractivity contribution is -0.121. The summed E-state index contributed by atoms with van der Waals surface area (Å²) < 4.78 is 0. The fourth-order valence-corrected chi connectivity index (χ4v) is 1.41. The van der Waals surface area contributed by atoms with Crippen molar-refractivity contribution >= 4 is 5.91 Å². The maximum atomic E-state index is 11.0. The molecule has 12 heavy (non-hydrogen) atoms. The number of phenolic OH excluding ortho intramolecular Hbond substituents is 1. The van der Waals surface area contributed by atoms with Crippen LogP contribution in [0.4, 0.5) is 0 Å². The Hall–Kier alpha value is -1.51. The average molecular weight is 163 g/mol. The van der Waals surface area contributed by atoms with Gasteiger partial charge < -0.3 is 10.4 Å². The molecule has 0 fully saturated rings. The zero-order valence-corrected chi connectivity index (χ0v) is 6.50. The number of aromatic hydroxyl groups is 1. The fraction of sp³-hybridized carbons (Fsp3) is 0.222. The number of carbonyl (C=O) groups excluding carboxylic acids is 1. The smallest absolute Gasteiger partial charge is 0.224 e. The van der Waals surface area contributed by atoms with Crippen LogP contribution in [0.15, 0.2) is 18.2 Å². The van der Waals surface area contributed by atoms with Gasteiger partial charge in [-0.25, -0.2) is 0 Å². The van der Waals surface area contributed by atoms with Gasteiger partial charge in [0.2, 0.25) is 5.91 Å². The van der Waals surface area contributed by atoms with E-state index < -0.39 is 0 Å². The van der Waals surface area contributed by atoms with Crippen LogP contribution < -0.4 is 5.32 Å². The van der Waals surface area contributed by atoms with E-state index in [4.69, 9.17) is 0 Å². The summed E-state index contributed by atoms with van der Waals surface area (Å²) in [6.45, 7) is 0.530. The second kappa shape index (κ2) is 2.52. The molecule has 0 unspecified atom stereocenters. The largest absolute Gasteiger partial charge is 0.508 e. The van der Waals surface area contributed by atoms with Crippen LogP contribution in [0.25, 0.3) is 0 Å². The van der Waals surface area contributed by atoms with Crippen molar-refractivity contribution in [3.8, 4) is 5.75 Å². The van der Waals surface area contributed by atoms with Gasteiger partial charge in [-0.3, -0.25) is 4.79 Å². The number of hydrogen-bond donors (Lipinski definition) is 2. The Bertz CT molecular complexity index is 333. The normalized spacial score (nSPS) is 15.2. The molecule has 0 bridgehead atoms. The molecule has 0 atom stereocenters. The van der Waals surface area contributed by atoms with Crippen LogP contribution >= 0.6 is 0 Å². The van der Waals surface area contributed by atoms with Crippen LogP contribution in [0.2, 0.25) is 0 Å². The summed E-state index contributed by atoms with van der Waals surface area (Å²) in [6.07, 6.45) is 0.294. The maximum Gasteiger partial charge on any atom is 0.224 e. The number of carbonyl (C=O) groups is 1. The fourth-order valence-electron chi connectivity index (χ4n) is 1.41. The molecule has 3 heteroatoms. The molecule has 0 saturated carbocycles. The molecule has 2 rings (SSSR count). The van der Waals surface area contributed by atoms with Gasteiger partial charge >= 0.3 is 0 Å². The van der Waals surface area contributed by atoms with E-state index in [1.165, 1.54) is 0 Å². The highest BCUT2D eigenvalue weighted by atomic mass is 16.3. The van der Waals surface area contributed by atoms with Gasteiger partial charge in [0.05, 0.1) is 6.42 Å². The van der Waals surface area contributed by atoms with Gasteiger partial charge in [-0.1, -0.05) is 12.1 Å². The molecule has 1 aromatic rings. The molecule has 3 nitrogen and oxygen atoms in total. The molecule has 0 aliphatic carbocycles. The molecule has 1 amide bonds. The van der Waals surface area contributed by atoms with Crippen molar-refractivity contribution in [2.24, 2.45) is 0 Å².